The normalized spacial score (nSPS) is 24.5. The van der Waals surface area contributed by atoms with Crippen LogP contribution in [0.3, 0.4) is 0 Å². The highest BCUT2D eigenvalue weighted by atomic mass is 16.5. The molecule has 0 aliphatic heterocycles. The molecule has 1 aliphatic carbocycles. The van der Waals surface area contributed by atoms with Gasteiger partial charge in [-0.25, -0.2) is 0 Å². The number of rotatable bonds is 0. The number of hydrogen-bond donors (Lipinski definition) is 3. The molecule has 0 spiro atoms. The average Bonchev–Trinajstić information content (AvgIpc) is 2.15. The third-order valence-electron chi connectivity index (χ3n) is 2.47. The molecule has 1 unspecified atom stereocenters. The van der Waals surface area contributed by atoms with Gasteiger partial charge in [0.1, 0.15) is 6.10 Å². The Bertz CT molecular complexity index is 383. The molecular weight excluding hydrogens is 184 g/mol. The molecule has 1 atom stereocenters. The Morgan fingerprint density at radius 3 is 2.64 bits per heavy atom. The van der Waals surface area contributed by atoms with Gasteiger partial charge in [-0.1, -0.05) is 24.3 Å². The lowest BCUT2D eigenvalue weighted by atomic mass is 9.84. The molecule has 3 N–H and O–H groups in total. The van der Waals surface area contributed by atoms with Crippen molar-refractivity contribution in [2.75, 3.05) is 0 Å². The lowest BCUT2D eigenvalue weighted by molar-refractivity contribution is -0.188. The molecule has 2 rings (SSSR count). The van der Waals surface area contributed by atoms with Crippen molar-refractivity contribution in [3.63, 3.8) is 0 Å². The van der Waals surface area contributed by atoms with Crippen LogP contribution < -0.4 is 0 Å². The van der Waals surface area contributed by atoms with Crippen LogP contribution in [0.25, 0.3) is 0 Å². The first-order chi connectivity index (χ1) is 6.53. The van der Waals surface area contributed by atoms with Crippen LogP contribution in [0.1, 0.15) is 15.9 Å². The van der Waals surface area contributed by atoms with Crippen molar-refractivity contribution in [1.82, 2.24) is 0 Å². The van der Waals surface area contributed by atoms with E-state index in [9.17, 15) is 20.1 Å². The Labute approximate surface area is 80.4 Å². The van der Waals surface area contributed by atoms with Crippen molar-refractivity contribution in [3.05, 3.63) is 35.4 Å². The number of fused-ring (bicyclic) bond motifs is 1. The molecule has 14 heavy (non-hydrogen) atoms. The molecule has 4 nitrogen and oxygen atoms in total. The third kappa shape index (κ3) is 1.16. The van der Waals surface area contributed by atoms with E-state index in [0.29, 0.717) is 5.56 Å². The first-order valence-corrected chi connectivity index (χ1v) is 4.29. The highest BCUT2D eigenvalue weighted by molar-refractivity contribution is 6.03. The van der Waals surface area contributed by atoms with Gasteiger partial charge in [0.25, 0.3) is 5.79 Å². The summed E-state index contributed by atoms with van der Waals surface area (Å²) in [7, 11) is 0. The maximum atomic E-state index is 11.5. The minimum absolute atomic E-state index is 0.0783. The molecule has 0 amide bonds. The molecular formula is C10H10O4. The van der Waals surface area contributed by atoms with Gasteiger partial charge in [0, 0.05) is 12.0 Å². The molecule has 0 bridgehead atoms. The van der Waals surface area contributed by atoms with Gasteiger partial charge in [-0.15, -0.1) is 0 Å². The van der Waals surface area contributed by atoms with E-state index in [2.05, 4.69) is 0 Å². The molecule has 1 aliphatic rings. The van der Waals surface area contributed by atoms with E-state index in [-0.39, 0.29) is 12.0 Å². The van der Waals surface area contributed by atoms with Crippen LogP contribution in [0, 0.1) is 0 Å². The summed E-state index contributed by atoms with van der Waals surface area (Å²) in [5, 5.41) is 28.0. The zero-order chi connectivity index (χ0) is 10.3. The minimum atomic E-state index is -2.64. The van der Waals surface area contributed by atoms with Crippen LogP contribution in [0.15, 0.2) is 24.3 Å². The molecule has 0 fully saturated rings. The minimum Gasteiger partial charge on any atom is -0.387 e. The summed E-state index contributed by atoms with van der Waals surface area (Å²) in [5.41, 5.74) is 0.909. The molecule has 4 heteroatoms. The number of aliphatic hydroxyl groups excluding tert-OH is 1. The topological polar surface area (TPSA) is 77.8 Å². The SMILES string of the molecule is O=C1c2ccccc2CC(O)C1(O)O. The summed E-state index contributed by atoms with van der Waals surface area (Å²) in [5.74, 6) is -3.49. The summed E-state index contributed by atoms with van der Waals surface area (Å²) >= 11 is 0. The second-order valence-electron chi connectivity index (χ2n) is 3.43. The lowest BCUT2D eigenvalue weighted by Crippen LogP contribution is -2.53. The fourth-order valence-corrected chi connectivity index (χ4v) is 1.62. The highest BCUT2D eigenvalue weighted by Crippen LogP contribution is 2.26. The zero-order valence-corrected chi connectivity index (χ0v) is 7.34. The smallest absolute Gasteiger partial charge is 0.256 e. The summed E-state index contributed by atoms with van der Waals surface area (Å²) in [4.78, 5) is 11.5. The molecule has 1 aromatic rings. The van der Waals surface area contributed by atoms with Gasteiger partial charge in [0.2, 0.25) is 5.78 Å². The van der Waals surface area contributed by atoms with E-state index in [1.54, 1.807) is 18.2 Å². The summed E-state index contributed by atoms with van der Waals surface area (Å²) in [6, 6.07) is 6.58. The predicted molar refractivity (Wildman–Crippen MR) is 47.7 cm³/mol. The zero-order valence-electron chi connectivity index (χ0n) is 7.34. The summed E-state index contributed by atoms with van der Waals surface area (Å²) < 4.78 is 0. The average molecular weight is 194 g/mol. The van der Waals surface area contributed by atoms with Crippen LogP contribution in [0.5, 0.6) is 0 Å². The summed E-state index contributed by atoms with van der Waals surface area (Å²) in [6.07, 6.45) is -1.38. The van der Waals surface area contributed by atoms with Crippen molar-refractivity contribution in [3.8, 4) is 0 Å². The maximum absolute atomic E-state index is 11.5. The van der Waals surface area contributed by atoms with Crippen LogP contribution in [0.2, 0.25) is 0 Å². The van der Waals surface area contributed by atoms with Crippen molar-refractivity contribution in [2.45, 2.75) is 18.3 Å². The van der Waals surface area contributed by atoms with Crippen molar-refractivity contribution in [1.29, 1.82) is 0 Å². The quantitative estimate of drug-likeness (QED) is 0.485. The first-order valence-electron chi connectivity index (χ1n) is 4.29. The van der Waals surface area contributed by atoms with Gasteiger partial charge in [0.05, 0.1) is 0 Å². The van der Waals surface area contributed by atoms with Crippen LogP contribution in [-0.2, 0) is 6.42 Å². The van der Waals surface area contributed by atoms with E-state index < -0.39 is 17.7 Å². The van der Waals surface area contributed by atoms with E-state index in [4.69, 9.17) is 0 Å². The molecule has 0 radical (unpaired) electrons. The molecule has 74 valence electrons. The molecule has 0 heterocycles. The van der Waals surface area contributed by atoms with Gasteiger partial charge in [-0.2, -0.15) is 0 Å². The van der Waals surface area contributed by atoms with Crippen molar-refractivity contribution >= 4 is 5.78 Å². The molecule has 0 aromatic heterocycles. The van der Waals surface area contributed by atoms with Crippen LogP contribution in [-0.4, -0.2) is 33.0 Å². The number of benzene rings is 1. The third-order valence-corrected chi connectivity index (χ3v) is 2.47. The standard InChI is InChI=1S/C10H10O4/c11-8-5-6-3-1-2-4-7(6)9(12)10(8,13)14/h1-4,8,11,13-14H,5H2. The Balaban J connectivity index is 2.55. The van der Waals surface area contributed by atoms with Gasteiger partial charge >= 0.3 is 0 Å². The Morgan fingerprint density at radius 2 is 1.93 bits per heavy atom. The second-order valence-corrected chi connectivity index (χ2v) is 3.43. The van der Waals surface area contributed by atoms with E-state index in [0.717, 1.165) is 0 Å². The largest absolute Gasteiger partial charge is 0.387 e. The maximum Gasteiger partial charge on any atom is 0.256 e. The fraction of sp³-hybridized carbons (Fsp3) is 0.300. The monoisotopic (exact) mass is 194 g/mol. The van der Waals surface area contributed by atoms with E-state index >= 15 is 0 Å². The van der Waals surface area contributed by atoms with E-state index in [1.165, 1.54) is 6.07 Å². The Kier molecular flexibility index (Phi) is 1.92. The van der Waals surface area contributed by atoms with E-state index in [1.807, 2.05) is 0 Å². The lowest BCUT2D eigenvalue weighted by Gasteiger charge is -2.31. The molecule has 0 saturated carbocycles. The number of aliphatic hydroxyl groups is 3. The Morgan fingerprint density at radius 1 is 1.29 bits per heavy atom. The number of carbonyl (C=O) groups is 1. The Hall–Kier alpha value is -1.23. The number of carbonyl (C=O) groups excluding carboxylic acids is 1. The first kappa shape index (κ1) is 9.33. The number of Topliss-reactive ketones (excluding diaryl/α,β-unsaturated/α-hetero) is 1. The fourth-order valence-electron chi connectivity index (χ4n) is 1.62. The van der Waals surface area contributed by atoms with Crippen molar-refractivity contribution in [2.24, 2.45) is 0 Å². The highest BCUT2D eigenvalue weighted by Gasteiger charge is 2.46. The van der Waals surface area contributed by atoms with Crippen molar-refractivity contribution < 1.29 is 20.1 Å². The van der Waals surface area contributed by atoms with Gasteiger partial charge in [0.15, 0.2) is 0 Å². The van der Waals surface area contributed by atoms with Crippen LogP contribution in [0.4, 0.5) is 0 Å². The summed E-state index contributed by atoms with van der Waals surface area (Å²) in [6.45, 7) is 0. The van der Waals surface area contributed by atoms with Crippen LogP contribution >= 0.6 is 0 Å². The second kappa shape index (κ2) is 2.88. The molecule has 1 aromatic carbocycles. The number of ketones is 1. The molecule has 0 saturated heterocycles. The predicted octanol–water partition coefficient (Wildman–Crippen LogP) is -0.533. The van der Waals surface area contributed by atoms with Gasteiger partial charge in [-0.05, 0) is 5.56 Å². The van der Waals surface area contributed by atoms with Gasteiger partial charge < -0.3 is 15.3 Å². The number of hydrogen-bond acceptors (Lipinski definition) is 4. The van der Waals surface area contributed by atoms with Gasteiger partial charge in [-0.3, -0.25) is 4.79 Å².